The number of rotatable bonds is 5. The van der Waals surface area contributed by atoms with E-state index in [2.05, 4.69) is 5.43 Å². The number of nitrogens with zero attached hydrogens (tertiary/aromatic N) is 2. The summed E-state index contributed by atoms with van der Waals surface area (Å²) in [5, 5.41) is 0.858. The van der Waals surface area contributed by atoms with Crippen LogP contribution in [0.4, 0.5) is 10.5 Å². The molecule has 30 heavy (non-hydrogen) atoms. The molecule has 2 aromatic carbocycles. The van der Waals surface area contributed by atoms with Crippen molar-refractivity contribution in [3.63, 3.8) is 0 Å². The maximum Gasteiger partial charge on any atom is 0.426 e. The van der Waals surface area contributed by atoms with E-state index in [4.69, 9.17) is 9.47 Å². The Hall–Kier alpha value is -3.88. The van der Waals surface area contributed by atoms with Crippen LogP contribution in [0, 0.1) is 0 Å². The van der Waals surface area contributed by atoms with Crippen LogP contribution in [0.3, 0.4) is 0 Å². The van der Waals surface area contributed by atoms with E-state index < -0.39 is 29.9 Å². The van der Waals surface area contributed by atoms with E-state index in [1.54, 1.807) is 61.5 Å². The Balaban J connectivity index is 1.90. The molecule has 9 heteroatoms. The van der Waals surface area contributed by atoms with E-state index in [0.717, 1.165) is 9.91 Å². The highest BCUT2D eigenvalue weighted by molar-refractivity contribution is 6.23. The van der Waals surface area contributed by atoms with Crippen LogP contribution in [0.2, 0.25) is 0 Å². The Bertz CT molecular complexity index is 945. The molecule has 9 nitrogen and oxygen atoms in total. The fraction of sp³-hybridized carbons (Fsp3) is 0.238. The lowest BCUT2D eigenvalue weighted by molar-refractivity contribution is -0.122. The van der Waals surface area contributed by atoms with Gasteiger partial charge in [0.15, 0.2) is 0 Å². The number of hydrazine groups is 1. The first-order valence-corrected chi connectivity index (χ1v) is 9.29. The summed E-state index contributed by atoms with van der Waals surface area (Å²) in [5.41, 5.74) is 2.89. The molecule has 0 bridgehead atoms. The summed E-state index contributed by atoms with van der Waals surface area (Å²) in [6.07, 6.45) is -1.18. The number of carbonyl (C=O) groups excluding carboxylic acids is 4. The Kier molecular flexibility index (Phi) is 6.31. The third-order valence-corrected chi connectivity index (χ3v) is 4.49. The van der Waals surface area contributed by atoms with Crippen molar-refractivity contribution in [2.45, 2.75) is 19.4 Å². The van der Waals surface area contributed by atoms with Crippen molar-refractivity contribution < 1.29 is 28.7 Å². The molecule has 1 N–H and O–H groups in total. The van der Waals surface area contributed by atoms with Crippen LogP contribution < -0.4 is 15.1 Å². The molecular formula is C21H21N3O6. The van der Waals surface area contributed by atoms with E-state index >= 15 is 0 Å². The molecule has 1 aliphatic rings. The fourth-order valence-electron chi connectivity index (χ4n) is 3.07. The van der Waals surface area contributed by atoms with Crippen LogP contribution in [-0.2, 0) is 14.3 Å². The molecule has 0 aliphatic carbocycles. The highest BCUT2D eigenvalue weighted by atomic mass is 16.6. The zero-order valence-corrected chi connectivity index (χ0v) is 16.5. The number of benzene rings is 2. The fourth-order valence-corrected chi connectivity index (χ4v) is 3.07. The second-order valence-electron chi connectivity index (χ2n) is 6.36. The molecule has 1 fully saturated rings. The van der Waals surface area contributed by atoms with E-state index in [1.807, 2.05) is 0 Å². The lowest BCUT2D eigenvalue weighted by Gasteiger charge is -2.27. The average Bonchev–Trinajstić information content (AvgIpc) is 3.06. The molecular weight excluding hydrogens is 390 g/mol. The molecule has 1 saturated heterocycles. The van der Waals surface area contributed by atoms with Gasteiger partial charge in [-0.05, 0) is 43.3 Å². The summed E-state index contributed by atoms with van der Waals surface area (Å²) in [4.78, 5) is 51.7. The van der Waals surface area contributed by atoms with Crippen LogP contribution in [-0.4, -0.2) is 48.6 Å². The normalized spacial score (nSPS) is 15.7. The average molecular weight is 411 g/mol. The first-order chi connectivity index (χ1) is 14.5. The van der Waals surface area contributed by atoms with Gasteiger partial charge >= 0.3 is 6.09 Å². The van der Waals surface area contributed by atoms with Gasteiger partial charge in [-0.1, -0.05) is 18.2 Å². The first kappa shape index (κ1) is 20.8. The summed E-state index contributed by atoms with van der Waals surface area (Å²) in [5.74, 6) is -1.19. The summed E-state index contributed by atoms with van der Waals surface area (Å²) >= 11 is 0. The second-order valence-corrected chi connectivity index (χ2v) is 6.36. The maximum absolute atomic E-state index is 13.1. The SMILES string of the molecule is CCOC(=O)NN(C(=O)c1ccccc1)C1CC(=O)N(c2ccc(OC)cc2)C1=O. The molecule has 0 spiro atoms. The van der Waals surface area contributed by atoms with Gasteiger partial charge < -0.3 is 9.47 Å². The number of amides is 4. The topological polar surface area (TPSA) is 105 Å². The van der Waals surface area contributed by atoms with Gasteiger partial charge in [0, 0.05) is 5.56 Å². The predicted octanol–water partition coefficient (Wildman–Crippen LogP) is 2.13. The number of nitrogens with one attached hydrogen (secondary N) is 1. The number of methoxy groups -OCH3 is 1. The third kappa shape index (κ3) is 4.24. The van der Waals surface area contributed by atoms with Crippen molar-refractivity contribution in [1.29, 1.82) is 0 Å². The molecule has 4 amide bonds. The van der Waals surface area contributed by atoms with Gasteiger partial charge in [0.1, 0.15) is 11.8 Å². The molecule has 1 heterocycles. The van der Waals surface area contributed by atoms with Crippen molar-refractivity contribution in [3.05, 3.63) is 60.2 Å². The van der Waals surface area contributed by atoms with Gasteiger partial charge in [-0.2, -0.15) is 0 Å². The number of carbonyl (C=O) groups is 4. The molecule has 1 unspecified atom stereocenters. The lowest BCUT2D eigenvalue weighted by atomic mass is 10.1. The minimum absolute atomic E-state index is 0.0781. The summed E-state index contributed by atoms with van der Waals surface area (Å²) in [6.45, 7) is 1.69. The van der Waals surface area contributed by atoms with Crippen molar-refractivity contribution in [2.75, 3.05) is 18.6 Å². The van der Waals surface area contributed by atoms with Crippen molar-refractivity contribution in [1.82, 2.24) is 10.4 Å². The first-order valence-electron chi connectivity index (χ1n) is 9.29. The number of ether oxygens (including phenoxy) is 2. The van der Waals surface area contributed by atoms with E-state index in [0.29, 0.717) is 11.4 Å². The largest absolute Gasteiger partial charge is 0.497 e. The molecule has 1 aliphatic heterocycles. The van der Waals surface area contributed by atoms with Gasteiger partial charge in [-0.15, -0.1) is 0 Å². The zero-order valence-electron chi connectivity index (χ0n) is 16.5. The Morgan fingerprint density at radius 3 is 2.37 bits per heavy atom. The third-order valence-electron chi connectivity index (χ3n) is 4.49. The molecule has 156 valence electrons. The smallest absolute Gasteiger partial charge is 0.426 e. The van der Waals surface area contributed by atoms with Gasteiger partial charge in [-0.25, -0.2) is 20.1 Å². The van der Waals surface area contributed by atoms with Gasteiger partial charge in [0.2, 0.25) is 5.91 Å². The second kappa shape index (κ2) is 9.08. The summed E-state index contributed by atoms with van der Waals surface area (Å²) in [7, 11) is 1.51. The van der Waals surface area contributed by atoms with Gasteiger partial charge in [0.25, 0.3) is 11.8 Å². The molecule has 0 aromatic heterocycles. The molecule has 2 aromatic rings. The molecule has 0 radical (unpaired) electrons. The van der Waals surface area contributed by atoms with Crippen LogP contribution in [0.15, 0.2) is 54.6 Å². The summed E-state index contributed by atoms with van der Waals surface area (Å²) < 4.78 is 9.94. The Morgan fingerprint density at radius 2 is 1.77 bits per heavy atom. The van der Waals surface area contributed by atoms with Crippen LogP contribution in [0.1, 0.15) is 23.7 Å². The Labute approximate surface area is 173 Å². The monoisotopic (exact) mass is 411 g/mol. The number of hydrogen-bond acceptors (Lipinski definition) is 6. The maximum atomic E-state index is 13.1. The standard InChI is InChI=1S/C21H21N3O6/c1-3-30-21(28)22-24(19(26)14-7-5-4-6-8-14)17-13-18(25)23(20(17)27)15-9-11-16(29-2)12-10-15/h4-12,17H,3,13H2,1-2H3,(H,22,28). The number of hydrogen-bond donors (Lipinski definition) is 1. The summed E-state index contributed by atoms with van der Waals surface area (Å²) in [6, 6.07) is 13.3. The van der Waals surface area contributed by atoms with Crippen LogP contribution in [0.25, 0.3) is 0 Å². The van der Waals surface area contributed by atoms with Gasteiger partial charge in [-0.3, -0.25) is 14.4 Å². The van der Waals surface area contributed by atoms with Crippen molar-refractivity contribution >= 4 is 29.5 Å². The molecule has 0 saturated carbocycles. The highest BCUT2D eigenvalue weighted by Crippen LogP contribution is 2.27. The van der Waals surface area contributed by atoms with Crippen LogP contribution in [0.5, 0.6) is 5.75 Å². The quantitative estimate of drug-likeness (QED) is 0.597. The number of imide groups is 1. The predicted molar refractivity (Wildman–Crippen MR) is 107 cm³/mol. The molecule has 1 atom stereocenters. The van der Waals surface area contributed by atoms with Crippen molar-refractivity contribution in [3.8, 4) is 5.75 Å². The van der Waals surface area contributed by atoms with Gasteiger partial charge in [0.05, 0.1) is 25.8 Å². The van der Waals surface area contributed by atoms with E-state index in [1.165, 1.54) is 7.11 Å². The van der Waals surface area contributed by atoms with E-state index in [9.17, 15) is 19.2 Å². The molecule has 3 rings (SSSR count). The minimum Gasteiger partial charge on any atom is -0.497 e. The highest BCUT2D eigenvalue weighted by Gasteiger charge is 2.45. The number of anilines is 1. The Morgan fingerprint density at radius 1 is 1.10 bits per heavy atom. The minimum atomic E-state index is -1.21. The lowest BCUT2D eigenvalue weighted by Crippen LogP contribution is -2.54. The zero-order chi connectivity index (χ0) is 21.7. The van der Waals surface area contributed by atoms with Crippen LogP contribution >= 0.6 is 0 Å². The van der Waals surface area contributed by atoms with E-state index in [-0.39, 0.29) is 18.6 Å². The van der Waals surface area contributed by atoms with Crippen molar-refractivity contribution in [2.24, 2.45) is 0 Å².